The lowest BCUT2D eigenvalue weighted by atomic mass is 10.2. The predicted octanol–water partition coefficient (Wildman–Crippen LogP) is 5.15. The predicted molar refractivity (Wildman–Crippen MR) is 222 cm³/mol. The molecule has 2 aliphatic rings. The Balaban J connectivity index is 0.000000275. The van der Waals surface area contributed by atoms with Crippen LogP contribution in [0, 0.1) is 0 Å². The zero-order valence-electron chi connectivity index (χ0n) is 29.7. The number of benzene rings is 4. The normalized spacial score (nSPS) is 15.2. The minimum Gasteiger partial charge on any atom is -0.495 e. The van der Waals surface area contributed by atoms with Crippen molar-refractivity contribution in [3.8, 4) is 5.75 Å². The fourth-order valence-electron chi connectivity index (χ4n) is 5.77. The van der Waals surface area contributed by atoms with Gasteiger partial charge in [0, 0.05) is 57.4 Å². The Bertz CT molecular complexity index is 2050. The van der Waals surface area contributed by atoms with Crippen molar-refractivity contribution in [2.24, 2.45) is 0 Å². The summed E-state index contributed by atoms with van der Waals surface area (Å²) in [6, 6.07) is 23.2. The van der Waals surface area contributed by atoms with Crippen molar-refractivity contribution in [2.75, 3.05) is 104 Å². The molecule has 0 aromatic heterocycles. The van der Waals surface area contributed by atoms with Crippen molar-refractivity contribution in [3.63, 3.8) is 0 Å². The molecule has 4 aromatic rings. The van der Waals surface area contributed by atoms with E-state index in [1.165, 1.54) is 19.2 Å². The van der Waals surface area contributed by atoms with Gasteiger partial charge in [-0.15, -0.1) is 24.8 Å². The van der Waals surface area contributed by atoms with Crippen LogP contribution in [0.5, 0.6) is 5.75 Å². The average molecular weight is 830 g/mol. The molecule has 0 unspecified atom stereocenters. The molecular formula is C35H47Cl3N8O5S2. The fourth-order valence-corrected chi connectivity index (χ4v) is 8.15. The standard InChI is InChI=1S/C18H24N4O3S.C17H21ClN4O2S.2ClH/c1-21-9-11-22(12-10-21)17-8-7-14(13-15(17)19)26(23,24)20-16-5-3-4-6-18(16)25-2;1-21-7-9-22(10-8-21)17-6-5-15(12-16(17)19)25(23,24)20-14-4-2-3-13(18)11-14;;/h3-8,13,20H,9-12,19H2,1-2H3;2-6,11-12,20H,7-10,19H2,1H3;2*1H. The molecule has 0 spiro atoms. The molecule has 2 saturated heterocycles. The van der Waals surface area contributed by atoms with E-state index < -0.39 is 20.0 Å². The van der Waals surface area contributed by atoms with Gasteiger partial charge >= 0.3 is 0 Å². The van der Waals surface area contributed by atoms with Gasteiger partial charge in [0.05, 0.1) is 51.0 Å². The second-order valence-electron chi connectivity index (χ2n) is 12.4. The quantitative estimate of drug-likeness (QED) is 0.165. The lowest BCUT2D eigenvalue weighted by Gasteiger charge is -2.34. The molecule has 0 aliphatic carbocycles. The number of piperazine rings is 2. The van der Waals surface area contributed by atoms with Crippen LogP contribution < -0.4 is 35.4 Å². The Morgan fingerprint density at radius 3 is 1.55 bits per heavy atom. The molecule has 2 fully saturated rings. The summed E-state index contributed by atoms with van der Waals surface area (Å²) >= 11 is 5.90. The van der Waals surface area contributed by atoms with E-state index in [2.05, 4.69) is 43.1 Å². The molecule has 0 saturated carbocycles. The van der Waals surface area contributed by atoms with Crippen LogP contribution in [-0.4, -0.2) is 100 Å². The summed E-state index contributed by atoms with van der Waals surface area (Å²) in [5.74, 6) is 0.457. The number of hydrogen-bond acceptors (Lipinski definition) is 11. The first kappa shape index (κ1) is 43.6. The van der Waals surface area contributed by atoms with Gasteiger partial charge in [-0.1, -0.05) is 29.8 Å². The molecule has 6 N–H and O–H groups in total. The lowest BCUT2D eigenvalue weighted by molar-refractivity contribution is 0.313. The molecule has 53 heavy (non-hydrogen) atoms. The van der Waals surface area contributed by atoms with Crippen LogP contribution in [0.15, 0.2) is 94.7 Å². The number of para-hydroxylation sites is 2. The van der Waals surface area contributed by atoms with E-state index in [9.17, 15) is 16.8 Å². The van der Waals surface area contributed by atoms with Gasteiger partial charge < -0.3 is 35.8 Å². The molecule has 13 nitrogen and oxygen atoms in total. The van der Waals surface area contributed by atoms with Gasteiger partial charge in [-0.05, 0) is 80.8 Å². The summed E-state index contributed by atoms with van der Waals surface area (Å²) in [4.78, 5) is 9.11. The van der Waals surface area contributed by atoms with Gasteiger partial charge in [-0.3, -0.25) is 9.44 Å². The highest BCUT2D eigenvalue weighted by atomic mass is 35.5. The number of likely N-dealkylation sites (N-methyl/N-ethyl adjacent to an activating group) is 2. The maximum atomic E-state index is 12.7. The van der Waals surface area contributed by atoms with E-state index in [0.29, 0.717) is 33.5 Å². The maximum absolute atomic E-state index is 12.7. The van der Waals surface area contributed by atoms with E-state index in [0.717, 1.165) is 63.7 Å². The maximum Gasteiger partial charge on any atom is 0.262 e. The number of methoxy groups -OCH3 is 1. The third kappa shape index (κ3) is 11.3. The zero-order valence-corrected chi connectivity index (χ0v) is 33.8. The number of halogens is 3. The van der Waals surface area contributed by atoms with Crippen LogP contribution in [0.3, 0.4) is 0 Å². The van der Waals surface area contributed by atoms with Crippen molar-refractivity contribution >= 4 is 90.6 Å². The summed E-state index contributed by atoms with van der Waals surface area (Å²) in [5.41, 5.74) is 15.7. The minimum atomic E-state index is -3.76. The molecule has 0 amide bonds. The van der Waals surface area contributed by atoms with E-state index in [1.54, 1.807) is 72.8 Å². The Hall–Kier alpha value is -3.83. The van der Waals surface area contributed by atoms with Crippen LogP contribution in [-0.2, 0) is 20.0 Å². The molecule has 6 rings (SSSR count). The van der Waals surface area contributed by atoms with Crippen LogP contribution in [0.1, 0.15) is 0 Å². The van der Waals surface area contributed by atoms with Gasteiger partial charge in [0.25, 0.3) is 20.0 Å². The van der Waals surface area contributed by atoms with Crippen molar-refractivity contribution in [1.82, 2.24) is 9.80 Å². The number of sulfonamides is 2. The van der Waals surface area contributed by atoms with E-state index in [-0.39, 0.29) is 34.6 Å². The fraction of sp³-hybridized carbons (Fsp3) is 0.314. The molecule has 0 radical (unpaired) electrons. The number of rotatable bonds is 9. The molecule has 0 bridgehead atoms. The summed E-state index contributed by atoms with van der Waals surface area (Å²) in [7, 11) is -1.83. The van der Waals surface area contributed by atoms with Gasteiger partial charge in [0.1, 0.15) is 5.75 Å². The number of nitrogens with one attached hydrogen (secondary N) is 2. The number of nitrogen functional groups attached to an aromatic ring is 2. The summed E-state index contributed by atoms with van der Waals surface area (Å²) in [6.45, 7) is 7.29. The van der Waals surface area contributed by atoms with E-state index in [4.69, 9.17) is 27.8 Å². The Morgan fingerprint density at radius 2 is 1.09 bits per heavy atom. The SMILES string of the molecule is CN1CCN(c2ccc(S(=O)(=O)Nc3cccc(Cl)c3)cc2N)CC1.COc1ccccc1NS(=O)(=O)c1ccc(N2CCN(C)CC2)c(N)c1.Cl.Cl. The monoisotopic (exact) mass is 828 g/mol. The smallest absolute Gasteiger partial charge is 0.262 e. The molecule has 0 atom stereocenters. The highest BCUT2D eigenvalue weighted by molar-refractivity contribution is 7.93. The van der Waals surface area contributed by atoms with Gasteiger partial charge in [-0.2, -0.15) is 0 Å². The van der Waals surface area contributed by atoms with E-state index in [1.807, 2.05) is 0 Å². The molecule has 4 aromatic carbocycles. The number of nitrogens with two attached hydrogens (primary N) is 2. The first-order valence-corrected chi connectivity index (χ1v) is 19.7. The van der Waals surface area contributed by atoms with Crippen LogP contribution >= 0.6 is 36.4 Å². The number of anilines is 6. The molecule has 2 aliphatic heterocycles. The Morgan fingerprint density at radius 1 is 0.623 bits per heavy atom. The minimum absolute atomic E-state index is 0. The molecule has 290 valence electrons. The van der Waals surface area contributed by atoms with Gasteiger partial charge in [0.2, 0.25) is 0 Å². The molecule has 18 heteroatoms. The van der Waals surface area contributed by atoms with Gasteiger partial charge in [-0.25, -0.2) is 16.8 Å². The number of nitrogens with zero attached hydrogens (tertiary/aromatic N) is 4. The molecular weight excluding hydrogens is 783 g/mol. The van der Waals surface area contributed by atoms with Crippen molar-refractivity contribution in [1.29, 1.82) is 0 Å². The van der Waals surface area contributed by atoms with E-state index >= 15 is 0 Å². The van der Waals surface area contributed by atoms with Crippen LogP contribution in [0.4, 0.5) is 34.1 Å². The highest BCUT2D eigenvalue weighted by Gasteiger charge is 2.22. The third-order valence-corrected chi connectivity index (χ3v) is 11.7. The largest absolute Gasteiger partial charge is 0.495 e. The Labute approximate surface area is 330 Å². The second-order valence-corrected chi connectivity index (χ2v) is 16.2. The zero-order chi connectivity index (χ0) is 36.8. The lowest BCUT2D eigenvalue weighted by Crippen LogP contribution is -2.44. The summed E-state index contributed by atoms with van der Waals surface area (Å²) < 4.78 is 60.8. The highest BCUT2D eigenvalue weighted by Crippen LogP contribution is 2.31. The van der Waals surface area contributed by atoms with Gasteiger partial charge in [0.15, 0.2) is 0 Å². The summed E-state index contributed by atoms with van der Waals surface area (Å²) in [5, 5.41) is 0.463. The number of ether oxygens (including phenoxy) is 1. The van der Waals surface area contributed by atoms with Crippen molar-refractivity contribution < 1.29 is 21.6 Å². The van der Waals surface area contributed by atoms with Crippen LogP contribution in [0.2, 0.25) is 5.02 Å². The topological polar surface area (TPSA) is 167 Å². The van der Waals surface area contributed by atoms with Crippen LogP contribution in [0.25, 0.3) is 0 Å². The average Bonchev–Trinajstić information content (AvgIpc) is 3.09. The third-order valence-electron chi connectivity index (χ3n) is 8.73. The number of hydrogen-bond donors (Lipinski definition) is 4. The van der Waals surface area contributed by atoms with Crippen molar-refractivity contribution in [3.05, 3.63) is 90.0 Å². The second kappa shape index (κ2) is 19.0. The van der Waals surface area contributed by atoms with Crippen molar-refractivity contribution in [2.45, 2.75) is 9.79 Å². The first-order valence-electron chi connectivity index (χ1n) is 16.4. The summed E-state index contributed by atoms with van der Waals surface area (Å²) in [6.07, 6.45) is 0. The molecule has 2 heterocycles. The Kier molecular flexibility index (Phi) is 15.6. The first-order chi connectivity index (χ1) is 24.3.